The molecule has 0 heterocycles. The first-order valence-electron chi connectivity index (χ1n) is 3.98. The van der Waals surface area contributed by atoms with Gasteiger partial charge >= 0.3 is 5.97 Å². The highest BCUT2D eigenvalue weighted by Crippen LogP contribution is 2.25. The quantitative estimate of drug-likeness (QED) is 0.881. The van der Waals surface area contributed by atoms with Gasteiger partial charge in [-0.25, -0.2) is 0 Å². The normalized spacial score (nSPS) is 11.8. The van der Waals surface area contributed by atoms with Crippen molar-refractivity contribution in [3.05, 3.63) is 33.8 Å². The van der Waals surface area contributed by atoms with Crippen LogP contribution in [0.25, 0.3) is 0 Å². The van der Waals surface area contributed by atoms with Crippen LogP contribution in [-0.2, 0) is 4.79 Å². The highest BCUT2D eigenvalue weighted by atomic mass is 79.9. The van der Waals surface area contributed by atoms with Gasteiger partial charge in [-0.1, -0.05) is 22.0 Å². The summed E-state index contributed by atoms with van der Waals surface area (Å²) in [7, 11) is 0. The van der Waals surface area contributed by atoms with Crippen molar-refractivity contribution >= 4 is 21.9 Å². The van der Waals surface area contributed by atoms with Gasteiger partial charge in [-0.3, -0.25) is 4.79 Å². The minimum Gasteiger partial charge on any atom is -0.481 e. The van der Waals surface area contributed by atoms with Crippen molar-refractivity contribution in [1.82, 2.24) is 0 Å². The number of hydrogen-bond donors (Lipinski definition) is 1. The average Bonchev–Trinajstić information content (AvgIpc) is 2.16. The Bertz CT molecular complexity index is 409. The summed E-state index contributed by atoms with van der Waals surface area (Å²) in [5.74, 6) is -1.45. The van der Waals surface area contributed by atoms with E-state index in [-0.39, 0.29) is 0 Å². The molecule has 14 heavy (non-hydrogen) atoms. The minimum atomic E-state index is -0.879. The van der Waals surface area contributed by atoms with Crippen LogP contribution in [0.15, 0.2) is 22.7 Å². The maximum absolute atomic E-state index is 10.7. The lowest BCUT2D eigenvalue weighted by molar-refractivity contribution is -0.138. The predicted octanol–water partition coefficient (Wildman–Crippen LogP) is 2.51. The van der Waals surface area contributed by atoms with Crippen molar-refractivity contribution in [2.24, 2.45) is 0 Å². The number of carboxylic acid groups (broad SMARTS) is 1. The molecule has 0 aliphatic rings. The van der Waals surface area contributed by atoms with E-state index in [9.17, 15) is 4.79 Å². The Kier molecular flexibility index (Phi) is 3.26. The zero-order chi connectivity index (χ0) is 10.7. The molecule has 0 aliphatic heterocycles. The van der Waals surface area contributed by atoms with E-state index in [4.69, 9.17) is 10.4 Å². The Labute approximate surface area is 90.1 Å². The third kappa shape index (κ3) is 2.12. The molecular formula is C10H8BrNO2. The number of benzene rings is 1. The molecule has 0 radical (unpaired) electrons. The van der Waals surface area contributed by atoms with E-state index in [1.165, 1.54) is 0 Å². The van der Waals surface area contributed by atoms with Crippen molar-refractivity contribution in [3.63, 3.8) is 0 Å². The number of rotatable bonds is 2. The Hall–Kier alpha value is -1.34. The van der Waals surface area contributed by atoms with Crippen LogP contribution in [0.3, 0.4) is 0 Å². The first-order valence-corrected chi connectivity index (χ1v) is 4.78. The van der Waals surface area contributed by atoms with E-state index in [0.29, 0.717) is 15.6 Å². The number of nitrogens with zero attached hydrogens (tertiary/aromatic N) is 1. The predicted molar refractivity (Wildman–Crippen MR) is 54.9 cm³/mol. The second-order valence-electron chi connectivity index (χ2n) is 2.91. The molecule has 1 atom stereocenters. The van der Waals surface area contributed by atoms with Crippen LogP contribution in [0.5, 0.6) is 0 Å². The number of nitriles is 1. The molecule has 1 N–H and O–H groups in total. The molecule has 0 aromatic heterocycles. The van der Waals surface area contributed by atoms with Crippen LogP contribution >= 0.6 is 15.9 Å². The summed E-state index contributed by atoms with van der Waals surface area (Å²) >= 11 is 3.24. The molecule has 0 fully saturated rings. The first kappa shape index (κ1) is 10.7. The van der Waals surface area contributed by atoms with Gasteiger partial charge in [0, 0.05) is 4.47 Å². The SMILES string of the molecule is CC(C(=O)O)c1ccc(C#N)cc1Br. The van der Waals surface area contributed by atoms with Gasteiger partial charge in [0.15, 0.2) is 0 Å². The van der Waals surface area contributed by atoms with Crippen molar-refractivity contribution in [3.8, 4) is 6.07 Å². The topological polar surface area (TPSA) is 61.1 Å². The van der Waals surface area contributed by atoms with Gasteiger partial charge in [-0.05, 0) is 24.6 Å². The molecule has 0 saturated heterocycles. The number of hydrogen-bond acceptors (Lipinski definition) is 2. The number of carbonyl (C=O) groups is 1. The Morgan fingerprint density at radius 1 is 1.64 bits per heavy atom. The summed E-state index contributed by atoms with van der Waals surface area (Å²) in [6.45, 7) is 1.61. The average molecular weight is 254 g/mol. The van der Waals surface area contributed by atoms with Gasteiger partial charge in [0.25, 0.3) is 0 Å². The minimum absolute atomic E-state index is 0.512. The second kappa shape index (κ2) is 4.25. The van der Waals surface area contributed by atoms with E-state index < -0.39 is 11.9 Å². The van der Waals surface area contributed by atoms with Crippen LogP contribution in [0.4, 0.5) is 0 Å². The second-order valence-corrected chi connectivity index (χ2v) is 3.76. The van der Waals surface area contributed by atoms with E-state index in [1.807, 2.05) is 6.07 Å². The van der Waals surface area contributed by atoms with Crippen molar-refractivity contribution in [1.29, 1.82) is 5.26 Å². The molecule has 3 nitrogen and oxygen atoms in total. The first-order chi connectivity index (χ1) is 6.56. The zero-order valence-electron chi connectivity index (χ0n) is 7.49. The molecule has 4 heteroatoms. The van der Waals surface area contributed by atoms with Crippen LogP contribution in [0, 0.1) is 11.3 Å². The lowest BCUT2D eigenvalue weighted by Crippen LogP contribution is -2.07. The summed E-state index contributed by atoms with van der Waals surface area (Å²) in [5, 5.41) is 17.4. The van der Waals surface area contributed by atoms with Gasteiger partial charge in [0.2, 0.25) is 0 Å². The summed E-state index contributed by atoms with van der Waals surface area (Å²) in [5.41, 5.74) is 1.19. The van der Waals surface area contributed by atoms with Gasteiger partial charge in [-0.2, -0.15) is 5.26 Å². The van der Waals surface area contributed by atoms with Crippen LogP contribution < -0.4 is 0 Å². The van der Waals surface area contributed by atoms with E-state index in [1.54, 1.807) is 25.1 Å². The third-order valence-electron chi connectivity index (χ3n) is 1.97. The van der Waals surface area contributed by atoms with E-state index in [0.717, 1.165) is 0 Å². The fraction of sp³-hybridized carbons (Fsp3) is 0.200. The molecule has 0 amide bonds. The van der Waals surface area contributed by atoms with Crippen LogP contribution in [-0.4, -0.2) is 11.1 Å². The highest BCUT2D eigenvalue weighted by molar-refractivity contribution is 9.10. The molecular weight excluding hydrogens is 246 g/mol. The molecule has 0 saturated carbocycles. The molecule has 1 aromatic rings. The fourth-order valence-corrected chi connectivity index (χ4v) is 1.80. The third-order valence-corrected chi connectivity index (χ3v) is 2.65. The molecule has 0 spiro atoms. The summed E-state index contributed by atoms with van der Waals surface area (Å²) in [6.07, 6.45) is 0. The summed E-state index contributed by atoms with van der Waals surface area (Å²) in [4.78, 5) is 10.7. The van der Waals surface area contributed by atoms with Crippen LogP contribution in [0.1, 0.15) is 24.0 Å². The fourth-order valence-electron chi connectivity index (χ4n) is 1.08. The van der Waals surface area contributed by atoms with Gasteiger partial charge in [0.05, 0.1) is 17.6 Å². The van der Waals surface area contributed by atoms with Crippen molar-refractivity contribution in [2.45, 2.75) is 12.8 Å². The molecule has 0 aliphatic carbocycles. The van der Waals surface area contributed by atoms with E-state index >= 15 is 0 Å². The smallest absolute Gasteiger partial charge is 0.310 e. The number of aliphatic carboxylic acids is 1. The maximum atomic E-state index is 10.7. The largest absolute Gasteiger partial charge is 0.481 e. The lowest BCUT2D eigenvalue weighted by Gasteiger charge is -2.08. The number of halogens is 1. The lowest BCUT2D eigenvalue weighted by atomic mass is 10.0. The molecule has 1 aromatic carbocycles. The zero-order valence-corrected chi connectivity index (χ0v) is 9.08. The highest BCUT2D eigenvalue weighted by Gasteiger charge is 2.16. The van der Waals surface area contributed by atoms with E-state index in [2.05, 4.69) is 15.9 Å². The van der Waals surface area contributed by atoms with Crippen molar-refractivity contribution in [2.75, 3.05) is 0 Å². The molecule has 1 rings (SSSR count). The maximum Gasteiger partial charge on any atom is 0.310 e. The van der Waals surface area contributed by atoms with Crippen LogP contribution in [0.2, 0.25) is 0 Å². The molecule has 0 bridgehead atoms. The van der Waals surface area contributed by atoms with Crippen molar-refractivity contribution < 1.29 is 9.90 Å². The monoisotopic (exact) mass is 253 g/mol. The number of carboxylic acids is 1. The van der Waals surface area contributed by atoms with Gasteiger partial charge in [0.1, 0.15) is 0 Å². The van der Waals surface area contributed by atoms with Gasteiger partial charge < -0.3 is 5.11 Å². The summed E-state index contributed by atoms with van der Waals surface area (Å²) in [6, 6.07) is 6.87. The Morgan fingerprint density at radius 2 is 2.29 bits per heavy atom. The molecule has 1 unspecified atom stereocenters. The molecule has 72 valence electrons. The Morgan fingerprint density at radius 3 is 2.71 bits per heavy atom. The standard InChI is InChI=1S/C10H8BrNO2/c1-6(10(13)14)8-3-2-7(5-12)4-9(8)11/h2-4,6H,1H3,(H,13,14). The Balaban J connectivity index is 3.13. The van der Waals surface area contributed by atoms with Gasteiger partial charge in [-0.15, -0.1) is 0 Å². The summed E-state index contributed by atoms with van der Waals surface area (Å²) < 4.78 is 0.659.